The Morgan fingerprint density at radius 2 is 1.89 bits per heavy atom. The van der Waals surface area contributed by atoms with E-state index >= 15 is 0 Å². The minimum Gasteiger partial charge on any atom is -0.495 e. The van der Waals surface area contributed by atoms with Crippen molar-refractivity contribution >= 4 is 34.8 Å². The molecular weight excluding hydrogens is 375 g/mol. The van der Waals surface area contributed by atoms with Crippen molar-refractivity contribution in [2.75, 3.05) is 17.7 Å². The number of carbonyl (C=O) groups is 2. The first-order valence-electron chi connectivity index (χ1n) is 7.76. The van der Waals surface area contributed by atoms with Crippen molar-refractivity contribution in [3.8, 4) is 5.75 Å². The van der Waals surface area contributed by atoms with E-state index < -0.39 is 11.7 Å². The van der Waals surface area contributed by atoms with E-state index in [1.807, 2.05) is 0 Å². The summed E-state index contributed by atoms with van der Waals surface area (Å²) in [7, 11) is 1.43. The normalized spacial score (nSPS) is 10.3. The Bertz CT molecular complexity index is 989. The van der Waals surface area contributed by atoms with Gasteiger partial charge >= 0.3 is 0 Å². The van der Waals surface area contributed by atoms with Crippen LogP contribution in [0.2, 0.25) is 5.02 Å². The number of halogens is 2. The summed E-state index contributed by atoms with van der Waals surface area (Å²) in [6, 6.07) is 9.94. The summed E-state index contributed by atoms with van der Waals surface area (Å²) in [5, 5.41) is 5.43. The first kappa shape index (κ1) is 18.5. The van der Waals surface area contributed by atoms with Gasteiger partial charge in [-0.3, -0.25) is 9.59 Å². The molecule has 0 radical (unpaired) electrons. The molecule has 0 unspecified atom stereocenters. The third-order valence-corrected chi connectivity index (χ3v) is 3.90. The maximum atomic E-state index is 14.0. The lowest BCUT2D eigenvalue weighted by molar-refractivity contribution is 0.101. The molecule has 0 saturated heterocycles. The summed E-state index contributed by atoms with van der Waals surface area (Å²) in [6.07, 6.45) is 2.69. The van der Waals surface area contributed by atoms with Crippen molar-refractivity contribution in [2.45, 2.75) is 0 Å². The molecule has 2 N–H and O–H groups in total. The lowest BCUT2D eigenvalue weighted by Gasteiger charge is -2.13. The zero-order valence-corrected chi connectivity index (χ0v) is 14.8. The summed E-state index contributed by atoms with van der Waals surface area (Å²) >= 11 is 5.70. The molecule has 2 amide bonds. The van der Waals surface area contributed by atoms with Gasteiger partial charge in [0.2, 0.25) is 0 Å². The first-order chi connectivity index (χ1) is 13.0. The number of hydrogen-bond acceptors (Lipinski definition) is 4. The van der Waals surface area contributed by atoms with Crippen molar-refractivity contribution < 1.29 is 23.1 Å². The fraction of sp³-hybridized carbons (Fsp3) is 0.0526. The summed E-state index contributed by atoms with van der Waals surface area (Å²) in [6.45, 7) is 0. The smallest absolute Gasteiger partial charge is 0.258 e. The highest BCUT2D eigenvalue weighted by Gasteiger charge is 2.16. The summed E-state index contributed by atoms with van der Waals surface area (Å²) in [5.74, 6) is -1.46. The molecule has 0 saturated carbocycles. The number of hydrogen-bond donors (Lipinski definition) is 2. The quantitative estimate of drug-likeness (QED) is 0.670. The number of methoxy groups -OCH3 is 1. The van der Waals surface area contributed by atoms with Crippen LogP contribution in [-0.4, -0.2) is 18.9 Å². The second-order valence-electron chi connectivity index (χ2n) is 5.46. The van der Waals surface area contributed by atoms with Gasteiger partial charge in [0.1, 0.15) is 17.8 Å². The predicted octanol–water partition coefficient (Wildman–Crippen LogP) is 4.59. The zero-order valence-electron chi connectivity index (χ0n) is 14.1. The van der Waals surface area contributed by atoms with Gasteiger partial charge in [0.15, 0.2) is 0 Å². The summed E-state index contributed by atoms with van der Waals surface area (Å²) < 4.78 is 24.0. The molecule has 3 rings (SSSR count). The number of rotatable bonds is 5. The standard InChI is InChI=1S/C19H14ClFN2O4/c1-26-17-5-3-13(22-18(24)11-6-7-27-10-11)9-16(17)23-19(25)14-4-2-12(20)8-15(14)21/h2-10H,1H3,(H,22,24)(H,23,25). The third-order valence-electron chi connectivity index (χ3n) is 3.66. The maximum absolute atomic E-state index is 14.0. The highest BCUT2D eigenvalue weighted by molar-refractivity contribution is 6.30. The Morgan fingerprint density at radius 1 is 1.07 bits per heavy atom. The van der Waals surface area contributed by atoms with Gasteiger partial charge in [-0.25, -0.2) is 4.39 Å². The van der Waals surface area contributed by atoms with E-state index in [4.69, 9.17) is 20.8 Å². The Balaban J connectivity index is 1.83. The second kappa shape index (κ2) is 7.92. The number of anilines is 2. The molecule has 0 aliphatic heterocycles. The zero-order chi connectivity index (χ0) is 19.4. The van der Waals surface area contributed by atoms with E-state index in [0.717, 1.165) is 6.07 Å². The van der Waals surface area contributed by atoms with Crippen LogP contribution >= 0.6 is 11.6 Å². The number of ether oxygens (including phenoxy) is 1. The Labute approximate surface area is 158 Å². The Kier molecular flexibility index (Phi) is 5.42. The molecule has 0 bridgehead atoms. The van der Waals surface area contributed by atoms with Crippen LogP contribution in [0.3, 0.4) is 0 Å². The largest absolute Gasteiger partial charge is 0.495 e. The van der Waals surface area contributed by atoms with E-state index in [9.17, 15) is 14.0 Å². The lowest BCUT2D eigenvalue weighted by Crippen LogP contribution is -2.15. The minimum absolute atomic E-state index is 0.172. The van der Waals surface area contributed by atoms with Crippen LogP contribution in [0.15, 0.2) is 59.4 Å². The van der Waals surface area contributed by atoms with Gasteiger partial charge in [-0.1, -0.05) is 11.6 Å². The number of furan rings is 1. The van der Waals surface area contributed by atoms with Crippen LogP contribution in [0.25, 0.3) is 0 Å². The van der Waals surface area contributed by atoms with Gasteiger partial charge in [0.05, 0.1) is 30.2 Å². The van der Waals surface area contributed by atoms with E-state index in [1.165, 1.54) is 43.9 Å². The molecule has 27 heavy (non-hydrogen) atoms. The molecular formula is C19H14ClFN2O4. The lowest BCUT2D eigenvalue weighted by atomic mass is 10.2. The molecule has 0 fully saturated rings. The van der Waals surface area contributed by atoms with Crippen molar-refractivity contribution in [2.24, 2.45) is 0 Å². The molecule has 8 heteroatoms. The Hall–Kier alpha value is -3.32. The monoisotopic (exact) mass is 388 g/mol. The number of carbonyl (C=O) groups excluding carboxylic acids is 2. The second-order valence-corrected chi connectivity index (χ2v) is 5.90. The van der Waals surface area contributed by atoms with Gasteiger partial charge in [0.25, 0.3) is 11.8 Å². The topological polar surface area (TPSA) is 80.6 Å². The van der Waals surface area contributed by atoms with Gasteiger partial charge in [0, 0.05) is 10.7 Å². The van der Waals surface area contributed by atoms with Gasteiger partial charge in [-0.2, -0.15) is 0 Å². The molecule has 1 aromatic heterocycles. The van der Waals surface area contributed by atoms with Gasteiger partial charge < -0.3 is 19.8 Å². The van der Waals surface area contributed by atoms with Crippen molar-refractivity contribution in [3.05, 3.63) is 77.0 Å². The molecule has 2 aromatic carbocycles. The van der Waals surface area contributed by atoms with Crippen LogP contribution < -0.4 is 15.4 Å². The van der Waals surface area contributed by atoms with E-state index in [-0.39, 0.29) is 22.2 Å². The highest BCUT2D eigenvalue weighted by Crippen LogP contribution is 2.29. The van der Waals surface area contributed by atoms with E-state index in [2.05, 4.69) is 10.6 Å². The fourth-order valence-corrected chi connectivity index (χ4v) is 2.50. The van der Waals surface area contributed by atoms with E-state index in [1.54, 1.807) is 12.1 Å². The maximum Gasteiger partial charge on any atom is 0.258 e. The van der Waals surface area contributed by atoms with Crippen LogP contribution in [-0.2, 0) is 0 Å². The minimum atomic E-state index is -0.747. The van der Waals surface area contributed by atoms with Crippen LogP contribution in [0.5, 0.6) is 5.75 Å². The SMILES string of the molecule is COc1ccc(NC(=O)c2ccoc2)cc1NC(=O)c1ccc(Cl)cc1F. The van der Waals surface area contributed by atoms with Gasteiger partial charge in [-0.15, -0.1) is 0 Å². The summed E-state index contributed by atoms with van der Waals surface area (Å²) in [4.78, 5) is 24.5. The fourth-order valence-electron chi connectivity index (χ4n) is 2.34. The van der Waals surface area contributed by atoms with Crippen molar-refractivity contribution in [1.29, 1.82) is 0 Å². The van der Waals surface area contributed by atoms with Crippen LogP contribution in [0.4, 0.5) is 15.8 Å². The number of benzene rings is 2. The molecule has 3 aromatic rings. The van der Waals surface area contributed by atoms with Crippen LogP contribution in [0.1, 0.15) is 20.7 Å². The predicted molar refractivity (Wildman–Crippen MR) is 99.0 cm³/mol. The highest BCUT2D eigenvalue weighted by atomic mass is 35.5. The van der Waals surface area contributed by atoms with Crippen molar-refractivity contribution in [3.63, 3.8) is 0 Å². The van der Waals surface area contributed by atoms with Gasteiger partial charge in [-0.05, 0) is 42.5 Å². The average molecular weight is 389 g/mol. The molecule has 1 heterocycles. The molecule has 0 aliphatic carbocycles. The first-order valence-corrected chi connectivity index (χ1v) is 8.13. The molecule has 0 spiro atoms. The molecule has 0 atom stereocenters. The Morgan fingerprint density at radius 3 is 2.56 bits per heavy atom. The number of amides is 2. The van der Waals surface area contributed by atoms with Crippen molar-refractivity contribution in [1.82, 2.24) is 0 Å². The molecule has 0 aliphatic rings. The average Bonchev–Trinajstić information content (AvgIpc) is 3.16. The summed E-state index contributed by atoms with van der Waals surface area (Å²) in [5.41, 5.74) is 0.852. The third kappa shape index (κ3) is 4.27. The molecule has 6 nitrogen and oxygen atoms in total. The van der Waals surface area contributed by atoms with Crippen LogP contribution in [0, 0.1) is 5.82 Å². The molecule has 138 valence electrons. The number of nitrogens with one attached hydrogen (secondary N) is 2. The van der Waals surface area contributed by atoms with E-state index in [0.29, 0.717) is 17.0 Å².